The van der Waals surface area contributed by atoms with E-state index in [1.165, 1.54) is 6.92 Å². The van der Waals surface area contributed by atoms with Gasteiger partial charge in [-0.3, -0.25) is 0 Å². The Labute approximate surface area is 194 Å². The van der Waals surface area contributed by atoms with E-state index in [0.717, 1.165) is 0 Å². The zero-order valence-corrected chi connectivity index (χ0v) is 18.3. The molecule has 3 aliphatic heterocycles. The molecule has 6 unspecified atom stereocenters. The van der Waals surface area contributed by atoms with Crippen molar-refractivity contribution in [3.8, 4) is 0 Å². The quantitative estimate of drug-likeness (QED) is 0.155. The second kappa shape index (κ2) is 11.6. The van der Waals surface area contributed by atoms with Crippen LogP contribution in [0.1, 0.15) is 6.92 Å². The van der Waals surface area contributed by atoms with E-state index in [-0.39, 0.29) is 0 Å². The highest BCUT2D eigenvalue weighted by atomic mass is 16.7. The summed E-state index contributed by atoms with van der Waals surface area (Å²) < 4.78 is 26.9. The van der Waals surface area contributed by atoms with Crippen molar-refractivity contribution in [2.24, 2.45) is 0 Å². The molecule has 200 valence electrons. The third kappa shape index (κ3) is 5.54. The Hall–Kier alpha value is -0.600. The lowest BCUT2D eigenvalue weighted by atomic mass is 9.95. The average Bonchev–Trinajstić information content (AvgIpc) is 2.82. The molecule has 3 rings (SSSR count). The van der Waals surface area contributed by atoms with Crippen LogP contribution >= 0.6 is 0 Å². The minimum atomic E-state index is -1.81. The monoisotopic (exact) mass is 502 g/mol. The van der Waals surface area contributed by atoms with Gasteiger partial charge in [-0.1, -0.05) is 0 Å². The van der Waals surface area contributed by atoms with Crippen LogP contribution in [-0.4, -0.2) is 163 Å². The lowest BCUT2D eigenvalue weighted by Gasteiger charge is -2.46. The second-order valence-corrected chi connectivity index (χ2v) is 8.69. The highest BCUT2D eigenvalue weighted by molar-refractivity contribution is 4.95. The van der Waals surface area contributed by atoms with Crippen molar-refractivity contribution in [2.45, 2.75) is 98.9 Å². The normalized spacial score (nSPS) is 52.5. The fraction of sp³-hybridized carbons (Fsp3) is 1.00. The molecular formula is C19H34O15. The van der Waals surface area contributed by atoms with Gasteiger partial charge in [0.05, 0.1) is 25.9 Å². The lowest BCUT2D eigenvalue weighted by molar-refractivity contribution is -0.352. The fourth-order valence-electron chi connectivity index (χ4n) is 4.16. The van der Waals surface area contributed by atoms with Gasteiger partial charge >= 0.3 is 0 Å². The zero-order valence-electron chi connectivity index (χ0n) is 18.3. The highest BCUT2D eigenvalue weighted by Crippen LogP contribution is 2.30. The van der Waals surface area contributed by atoms with Gasteiger partial charge in [-0.05, 0) is 6.92 Å². The van der Waals surface area contributed by atoms with Crippen molar-refractivity contribution in [3.05, 3.63) is 0 Å². The van der Waals surface area contributed by atoms with E-state index in [0.29, 0.717) is 0 Å². The maximum absolute atomic E-state index is 10.4. The summed E-state index contributed by atoms with van der Waals surface area (Å²) in [7, 11) is 0. The van der Waals surface area contributed by atoms with Crippen LogP contribution in [0.3, 0.4) is 0 Å². The standard InChI is InChI=1S/C19H34O15/c1-5-9(22)14(27)17(7(3-21)31-5)34-19-16(29)13(26)11(24)8(33-19)4-30-18-15(28)12(25)10(23)6(2-20)32-18/h5-29H,2-4H2,1H3/t5-,6?,7-,8?,9?,10-,11+,12-,13-,14?,15?,16?,17+,18-,19-/m0/s1. The minimum Gasteiger partial charge on any atom is -0.394 e. The third-order valence-corrected chi connectivity index (χ3v) is 6.34. The van der Waals surface area contributed by atoms with Crippen molar-refractivity contribution in [1.82, 2.24) is 0 Å². The maximum atomic E-state index is 10.4. The first-order valence-electron chi connectivity index (χ1n) is 10.9. The molecule has 3 heterocycles. The van der Waals surface area contributed by atoms with Crippen LogP contribution < -0.4 is 0 Å². The summed E-state index contributed by atoms with van der Waals surface area (Å²) in [5.41, 5.74) is 0. The van der Waals surface area contributed by atoms with Crippen LogP contribution in [0.15, 0.2) is 0 Å². The molecule has 0 spiro atoms. The largest absolute Gasteiger partial charge is 0.394 e. The van der Waals surface area contributed by atoms with E-state index in [4.69, 9.17) is 23.7 Å². The van der Waals surface area contributed by atoms with Crippen LogP contribution in [-0.2, 0) is 23.7 Å². The first kappa shape index (κ1) is 28.0. The predicted molar refractivity (Wildman–Crippen MR) is 105 cm³/mol. The average molecular weight is 502 g/mol. The van der Waals surface area contributed by atoms with E-state index in [1.54, 1.807) is 0 Å². The van der Waals surface area contributed by atoms with Crippen molar-refractivity contribution in [3.63, 3.8) is 0 Å². The second-order valence-electron chi connectivity index (χ2n) is 8.69. The number of ether oxygens (including phenoxy) is 5. The Morgan fingerprint density at radius 2 is 1.09 bits per heavy atom. The molecule has 0 saturated carbocycles. The number of hydrogen-bond acceptors (Lipinski definition) is 15. The molecule has 3 saturated heterocycles. The van der Waals surface area contributed by atoms with Crippen molar-refractivity contribution >= 4 is 0 Å². The van der Waals surface area contributed by atoms with E-state index in [2.05, 4.69) is 0 Å². The molecule has 15 atom stereocenters. The summed E-state index contributed by atoms with van der Waals surface area (Å²) in [6, 6.07) is 0. The summed E-state index contributed by atoms with van der Waals surface area (Å²) in [4.78, 5) is 0. The van der Waals surface area contributed by atoms with Crippen molar-refractivity contribution in [1.29, 1.82) is 0 Å². The summed E-state index contributed by atoms with van der Waals surface area (Å²) in [5.74, 6) is 0. The minimum absolute atomic E-state index is 0.569. The molecular weight excluding hydrogens is 468 g/mol. The summed E-state index contributed by atoms with van der Waals surface area (Å²) in [5, 5.41) is 99.8. The van der Waals surface area contributed by atoms with Crippen LogP contribution in [0.5, 0.6) is 0 Å². The van der Waals surface area contributed by atoms with Crippen molar-refractivity contribution in [2.75, 3.05) is 19.8 Å². The molecule has 10 N–H and O–H groups in total. The third-order valence-electron chi connectivity index (χ3n) is 6.34. The number of aliphatic hydroxyl groups excluding tert-OH is 10. The van der Waals surface area contributed by atoms with Crippen LogP contribution in [0.4, 0.5) is 0 Å². The molecule has 0 radical (unpaired) electrons. The van der Waals surface area contributed by atoms with Gasteiger partial charge in [0.25, 0.3) is 0 Å². The Balaban J connectivity index is 1.66. The first-order valence-corrected chi connectivity index (χ1v) is 10.9. The molecule has 0 amide bonds. The topological polar surface area (TPSA) is 248 Å². The molecule has 0 bridgehead atoms. The van der Waals surface area contributed by atoms with Gasteiger partial charge < -0.3 is 74.7 Å². The molecule has 3 fully saturated rings. The Bertz CT molecular complexity index is 637. The summed E-state index contributed by atoms with van der Waals surface area (Å²) in [6.45, 7) is -0.377. The van der Waals surface area contributed by atoms with Gasteiger partial charge in [-0.15, -0.1) is 0 Å². The molecule has 15 heteroatoms. The van der Waals surface area contributed by atoms with E-state index in [1.807, 2.05) is 0 Å². The lowest BCUT2D eigenvalue weighted by Crippen LogP contribution is -2.64. The number of aliphatic hydroxyl groups is 10. The van der Waals surface area contributed by atoms with Crippen molar-refractivity contribution < 1.29 is 74.7 Å². The molecule has 3 aliphatic rings. The van der Waals surface area contributed by atoms with Gasteiger partial charge in [0.2, 0.25) is 0 Å². The fourth-order valence-corrected chi connectivity index (χ4v) is 4.16. The summed E-state index contributed by atoms with van der Waals surface area (Å²) in [6.07, 6.45) is -22.4. The van der Waals surface area contributed by atoms with Gasteiger partial charge in [0.1, 0.15) is 73.2 Å². The van der Waals surface area contributed by atoms with E-state index >= 15 is 0 Å². The highest BCUT2D eigenvalue weighted by Gasteiger charge is 2.50. The Kier molecular flexibility index (Phi) is 9.57. The molecule has 0 aromatic carbocycles. The van der Waals surface area contributed by atoms with Crippen LogP contribution in [0, 0.1) is 0 Å². The van der Waals surface area contributed by atoms with Gasteiger partial charge in [0.15, 0.2) is 12.6 Å². The summed E-state index contributed by atoms with van der Waals surface area (Å²) >= 11 is 0. The van der Waals surface area contributed by atoms with Gasteiger partial charge in [0, 0.05) is 0 Å². The Morgan fingerprint density at radius 1 is 0.559 bits per heavy atom. The number of rotatable bonds is 7. The molecule has 0 aliphatic carbocycles. The SMILES string of the molecule is C[C@@H]1O[C@@H](CO)[C@@H](O[C@@H]2OC(CO[C@H]3OC(CO)[C@H](O)[C@H](O)C3O)[C@@H](O)[C@H](O)C2O)C(O)C1O. The first-order chi connectivity index (χ1) is 16.0. The van der Waals surface area contributed by atoms with Crippen LogP contribution in [0.2, 0.25) is 0 Å². The number of hydrogen-bond donors (Lipinski definition) is 10. The predicted octanol–water partition coefficient (Wildman–Crippen LogP) is -6.50. The zero-order chi connectivity index (χ0) is 25.3. The molecule has 15 nitrogen and oxygen atoms in total. The van der Waals surface area contributed by atoms with Crippen LogP contribution in [0.25, 0.3) is 0 Å². The van der Waals surface area contributed by atoms with E-state index in [9.17, 15) is 51.1 Å². The Morgan fingerprint density at radius 3 is 1.68 bits per heavy atom. The molecule has 0 aromatic rings. The maximum Gasteiger partial charge on any atom is 0.187 e. The molecule has 0 aromatic heterocycles. The van der Waals surface area contributed by atoms with Gasteiger partial charge in [-0.25, -0.2) is 0 Å². The van der Waals surface area contributed by atoms with Gasteiger partial charge in [-0.2, -0.15) is 0 Å². The van der Waals surface area contributed by atoms with E-state index < -0.39 is 112 Å². The molecule has 34 heavy (non-hydrogen) atoms. The smallest absolute Gasteiger partial charge is 0.187 e.